The highest BCUT2D eigenvalue weighted by Gasteiger charge is 2.30. The minimum Gasteiger partial charge on any atom is -0.375 e. The Morgan fingerprint density at radius 3 is 2.42 bits per heavy atom. The van der Waals surface area contributed by atoms with Gasteiger partial charge in [0, 0.05) is 5.56 Å². The molecule has 0 bridgehead atoms. The Hall–Kier alpha value is -2.67. The third-order valence-electron chi connectivity index (χ3n) is 3.01. The summed E-state index contributed by atoms with van der Waals surface area (Å²) in [6.45, 7) is 0. The van der Waals surface area contributed by atoms with Crippen molar-refractivity contribution < 1.29 is 13.2 Å². The maximum Gasteiger partial charge on any atom is 0.416 e. The van der Waals surface area contributed by atoms with E-state index in [0.29, 0.717) is 5.56 Å². The molecule has 7 heteroatoms. The molecular formula is C17H14F3N3S. The van der Waals surface area contributed by atoms with E-state index in [9.17, 15) is 13.2 Å². The molecule has 0 spiro atoms. The zero-order chi connectivity index (χ0) is 17.6. The number of nitrogens with two attached hydrogens (primary N) is 1. The average molecular weight is 349 g/mol. The Morgan fingerprint density at radius 1 is 1.08 bits per heavy atom. The van der Waals surface area contributed by atoms with Gasteiger partial charge in [-0.25, -0.2) is 0 Å². The molecule has 2 aromatic rings. The van der Waals surface area contributed by atoms with Crippen LogP contribution in [-0.2, 0) is 6.18 Å². The third-order valence-corrected chi connectivity index (χ3v) is 3.10. The van der Waals surface area contributed by atoms with Crippen LogP contribution in [-0.4, -0.2) is 10.8 Å². The van der Waals surface area contributed by atoms with Crippen LogP contribution in [0.25, 0.3) is 6.08 Å². The molecule has 0 aliphatic heterocycles. The van der Waals surface area contributed by atoms with Gasteiger partial charge >= 0.3 is 6.18 Å². The summed E-state index contributed by atoms with van der Waals surface area (Å²) < 4.78 is 38.6. The molecule has 0 unspecified atom stereocenters. The van der Waals surface area contributed by atoms with Gasteiger partial charge in [0.1, 0.15) is 0 Å². The molecule has 0 aliphatic carbocycles. The summed E-state index contributed by atoms with van der Waals surface area (Å²) in [6, 6.07) is 14.2. The summed E-state index contributed by atoms with van der Waals surface area (Å²) in [6.07, 6.45) is -1.10. The minimum absolute atomic E-state index is 0.0763. The monoisotopic (exact) mass is 349 g/mol. The van der Waals surface area contributed by atoms with E-state index in [2.05, 4.69) is 22.7 Å². The van der Waals surface area contributed by atoms with Crippen molar-refractivity contribution in [3.05, 3.63) is 77.4 Å². The van der Waals surface area contributed by atoms with Crippen molar-refractivity contribution in [2.45, 2.75) is 6.18 Å². The van der Waals surface area contributed by atoms with Crippen LogP contribution in [0.2, 0.25) is 0 Å². The maximum absolute atomic E-state index is 12.9. The van der Waals surface area contributed by atoms with E-state index in [1.54, 1.807) is 12.2 Å². The normalized spacial score (nSPS) is 12.4. The largest absolute Gasteiger partial charge is 0.416 e. The molecule has 0 aliphatic rings. The van der Waals surface area contributed by atoms with Gasteiger partial charge in [0.25, 0.3) is 0 Å². The van der Waals surface area contributed by atoms with Gasteiger partial charge in [-0.3, -0.25) is 5.43 Å². The van der Waals surface area contributed by atoms with Crippen molar-refractivity contribution in [1.29, 1.82) is 0 Å². The van der Waals surface area contributed by atoms with Crippen molar-refractivity contribution in [3.63, 3.8) is 0 Å². The summed E-state index contributed by atoms with van der Waals surface area (Å²) in [7, 11) is 0. The van der Waals surface area contributed by atoms with E-state index in [1.807, 2.05) is 30.3 Å². The third kappa shape index (κ3) is 5.20. The van der Waals surface area contributed by atoms with Crippen LogP contribution in [0.3, 0.4) is 0 Å². The number of allylic oxidation sites excluding steroid dienone is 1. The summed E-state index contributed by atoms with van der Waals surface area (Å²) in [4.78, 5) is 0. The Kier molecular flexibility index (Phi) is 5.70. The number of hydrazone groups is 1. The van der Waals surface area contributed by atoms with E-state index in [-0.39, 0.29) is 10.8 Å². The number of nitrogens with one attached hydrogen (secondary N) is 1. The summed E-state index contributed by atoms with van der Waals surface area (Å²) >= 11 is 4.68. The lowest BCUT2D eigenvalue weighted by molar-refractivity contribution is -0.137. The van der Waals surface area contributed by atoms with E-state index in [0.717, 1.165) is 17.7 Å². The predicted octanol–water partition coefficient (Wildman–Crippen LogP) is 3.96. The van der Waals surface area contributed by atoms with E-state index < -0.39 is 11.7 Å². The highest BCUT2D eigenvalue weighted by molar-refractivity contribution is 7.80. The second-order valence-electron chi connectivity index (χ2n) is 4.80. The summed E-state index contributed by atoms with van der Waals surface area (Å²) in [5.41, 5.74) is 8.43. The van der Waals surface area contributed by atoms with Crippen molar-refractivity contribution in [2.24, 2.45) is 10.8 Å². The molecule has 0 saturated carbocycles. The molecule has 2 rings (SSSR count). The maximum atomic E-state index is 12.9. The van der Waals surface area contributed by atoms with Gasteiger partial charge < -0.3 is 5.73 Å². The number of hydrogen-bond acceptors (Lipinski definition) is 2. The topological polar surface area (TPSA) is 50.4 Å². The van der Waals surface area contributed by atoms with Crippen LogP contribution in [0.15, 0.2) is 65.8 Å². The van der Waals surface area contributed by atoms with Crippen LogP contribution >= 0.6 is 12.2 Å². The first-order valence-corrected chi connectivity index (χ1v) is 7.31. The van der Waals surface area contributed by atoms with Gasteiger partial charge in [0.15, 0.2) is 5.11 Å². The molecular weight excluding hydrogens is 335 g/mol. The number of hydrogen-bond donors (Lipinski definition) is 2. The second kappa shape index (κ2) is 7.74. The van der Waals surface area contributed by atoms with Crippen molar-refractivity contribution in [3.8, 4) is 0 Å². The summed E-state index contributed by atoms with van der Waals surface area (Å²) in [5.74, 6) is 0. The van der Waals surface area contributed by atoms with Crippen LogP contribution in [0.5, 0.6) is 0 Å². The molecule has 0 aromatic heterocycles. The molecule has 0 amide bonds. The van der Waals surface area contributed by atoms with Crippen molar-refractivity contribution in [1.82, 2.24) is 5.43 Å². The molecule has 2 aromatic carbocycles. The number of rotatable bonds is 4. The van der Waals surface area contributed by atoms with Crippen molar-refractivity contribution >= 4 is 29.1 Å². The minimum atomic E-state index is -4.43. The molecule has 0 radical (unpaired) electrons. The standard InChI is InChI=1S/C17H14F3N3S/c18-17(19,20)14-8-4-7-13(11-14)15(22-23-16(21)24)10-9-12-5-2-1-3-6-12/h1-11H,(H3,21,23,24)/b10-9+,22-15-. The lowest BCUT2D eigenvalue weighted by Crippen LogP contribution is -2.25. The molecule has 0 atom stereocenters. The Morgan fingerprint density at radius 2 is 1.79 bits per heavy atom. The number of benzene rings is 2. The lowest BCUT2D eigenvalue weighted by Gasteiger charge is -2.09. The van der Waals surface area contributed by atoms with Gasteiger partial charge in [-0.05, 0) is 36.0 Å². The molecule has 3 N–H and O–H groups in total. The van der Waals surface area contributed by atoms with Gasteiger partial charge in [-0.2, -0.15) is 18.3 Å². The van der Waals surface area contributed by atoms with Gasteiger partial charge in [-0.1, -0.05) is 48.5 Å². The zero-order valence-electron chi connectivity index (χ0n) is 12.4. The quantitative estimate of drug-likeness (QED) is 0.499. The van der Waals surface area contributed by atoms with Crippen LogP contribution in [0.1, 0.15) is 16.7 Å². The van der Waals surface area contributed by atoms with E-state index in [4.69, 9.17) is 5.73 Å². The predicted molar refractivity (Wildman–Crippen MR) is 93.4 cm³/mol. The molecule has 3 nitrogen and oxygen atoms in total. The fourth-order valence-corrected chi connectivity index (χ4v) is 1.95. The van der Waals surface area contributed by atoms with Gasteiger partial charge in [0.2, 0.25) is 0 Å². The van der Waals surface area contributed by atoms with E-state index >= 15 is 0 Å². The first kappa shape index (κ1) is 17.7. The number of halogens is 3. The highest BCUT2D eigenvalue weighted by atomic mass is 32.1. The molecule has 0 heterocycles. The van der Waals surface area contributed by atoms with Gasteiger partial charge in [-0.15, -0.1) is 0 Å². The Labute approximate surface area is 142 Å². The van der Waals surface area contributed by atoms with Crippen LogP contribution < -0.4 is 11.2 Å². The van der Waals surface area contributed by atoms with Crippen LogP contribution in [0.4, 0.5) is 13.2 Å². The van der Waals surface area contributed by atoms with Crippen molar-refractivity contribution in [2.75, 3.05) is 0 Å². The highest BCUT2D eigenvalue weighted by Crippen LogP contribution is 2.29. The molecule has 24 heavy (non-hydrogen) atoms. The Balaban J connectivity index is 2.38. The Bertz CT molecular complexity index is 768. The first-order chi connectivity index (χ1) is 11.4. The number of thiocarbonyl (C=S) groups is 1. The summed E-state index contributed by atoms with van der Waals surface area (Å²) in [5, 5.41) is 3.90. The number of alkyl halides is 3. The molecule has 124 valence electrons. The molecule has 0 fully saturated rings. The smallest absolute Gasteiger partial charge is 0.375 e. The SMILES string of the molecule is NC(=S)N/N=C(/C=C/c1ccccc1)c1cccc(C(F)(F)F)c1. The average Bonchev–Trinajstić information content (AvgIpc) is 2.55. The zero-order valence-corrected chi connectivity index (χ0v) is 13.2. The first-order valence-electron chi connectivity index (χ1n) is 6.90. The lowest BCUT2D eigenvalue weighted by atomic mass is 10.0. The fourth-order valence-electron chi connectivity index (χ4n) is 1.91. The van der Waals surface area contributed by atoms with Crippen LogP contribution in [0, 0.1) is 0 Å². The fraction of sp³-hybridized carbons (Fsp3) is 0.0588. The number of nitrogens with zero attached hydrogens (tertiary/aromatic N) is 1. The van der Waals surface area contributed by atoms with Gasteiger partial charge in [0.05, 0.1) is 11.3 Å². The second-order valence-corrected chi connectivity index (χ2v) is 5.24. The van der Waals surface area contributed by atoms with E-state index in [1.165, 1.54) is 12.1 Å². The molecule has 0 saturated heterocycles.